The van der Waals surface area contributed by atoms with Gasteiger partial charge in [0.05, 0.1) is 18.1 Å². The van der Waals surface area contributed by atoms with Crippen LogP contribution in [-0.2, 0) is 11.3 Å². The second-order valence-corrected chi connectivity index (χ2v) is 6.71. The largest absolute Gasteiger partial charge is 0.467 e. The van der Waals surface area contributed by atoms with Gasteiger partial charge in [-0.1, -0.05) is 35.5 Å². The van der Waals surface area contributed by atoms with Crippen molar-refractivity contribution in [1.29, 1.82) is 0 Å². The molecule has 0 radical (unpaired) electrons. The topological polar surface area (TPSA) is 85.8 Å². The summed E-state index contributed by atoms with van der Waals surface area (Å²) in [5.41, 5.74) is 0.991. The molecule has 7 nitrogen and oxygen atoms in total. The van der Waals surface area contributed by atoms with Crippen molar-refractivity contribution in [3.8, 4) is 0 Å². The Morgan fingerprint density at radius 2 is 2.16 bits per heavy atom. The molecule has 1 amide bonds. The summed E-state index contributed by atoms with van der Waals surface area (Å²) in [7, 11) is 0. The Morgan fingerprint density at radius 3 is 2.88 bits per heavy atom. The van der Waals surface area contributed by atoms with Crippen molar-refractivity contribution in [2.45, 2.75) is 24.7 Å². The van der Waals surface area contributed by atoms with Gasteiger partial charge < -0.3 is 9.73 Å². The van der Waals surface area contributed by atoms with Crippen LogP contribution in [0.2, 0.25) is 5.02 Å². The minimum Gasteiger partial charge on any atom is -0.467 e. The number of aromatic nitrogens is 4. The van der Waals surface area contributed by atoms with E-state index in [-0.39, 0.29) is 17.7 Å². The summed E-state index contributed by atoms with van der Waals surface area (Å²) in [6.07, 6.45) is 1.60. The summed E-state index contributed by atoms with van der Waals surface area (Å²) in [5.74, 6) is 0.867. The van der Waals surface area contributed by atoms with Crippen LogP contribution in [0.5, 0.6) is 0 Å². The number of tetrazole rings is 1. The maximum Gasteiger partial charge on any atom is 0.230 e. The van der Waals surface area contributed by atoms with Crippen molar-refractivity contribution >= 4 is 29.3 Å². The summed E-state index contributed by atoms with van der Waals surface area (Å²) < 4.78 is 6.88. The Bertz CT molecular complexity index is 819. The van der Waals surface area contributed by atoms with Crippen molar-refractivity contribution in [1.82, 2.24) is 25.5 Å². The SMILES string of the molecule is CC(NC(=O)CSc1nnnn1Cc1ccco1)c1ccc(Cl)cc1. The first-order valence-electron chi connectivity index (χ1n) is 7.58. The van der Waals surface area contributed by atoms with Crippen molar-refractivity contribution < 1.29 is 9.21 Å². The molecule has 2 aromatic heterocycles. The van der Waals surface area contributed by atoms with E-state index in [1.165, 1.54) is 11.8 Å². The zero-order valence-electron chi connectivity index (χ0n) is 13.4. The Labute approximate surface area is 153 Å². The van der Waals surface area contributed by atoms with Gasteiger partial charge in [0.2, 0.25) is 11.1 Å². The second-order valence-electron chi connectivity index (χ2n) is 5.33. The molecule has 3 rings (SSSR count). The molecule has 9 heteroatoms. The van der Waals surface area contributed by atoms with Gasteiger partial charge in [0, 0.05) is 5.02 Å². The molecule has 2 heterocycles. The highest BCUT2D eigenvalue weighted by Gasteiger charge is 2.13. The molecule has 0 aliphatic carbocycles. The molecule has 0 fully saturated rings. The first-order chi connectivity index (χ1) is 12.1. The lowest BCUT2D eigenvalue weighted by atomic mass is 10.1. The molecule has 3 aromatic rings. The summed E-state index contributed by atoms with van der Waals surface area (Å²) in [5, 5.41) is 15.7. The van der Waals surface area contributed by atoms with Crippen molar-refractivity contribution in [2.75, 3.05) is 5.75 Å². The summed E-state index contributed by atoms with van der Waals surface area (Å²) >= 11 is 7.15. The van der Waals surface area contributed by atoms with Crippen LogP contribution in [0.25, 0.3) is 0 Å². The average Bonchev–Trinajstić information content (AvgIpc) is 3.26. The van der Waals surface area contributed by atoms with E-state index < -0.39 is 0 Å². The Morgan fingerprint density at radius 1 is 1.36 bits per heavy atom. The zero-order valence-corrected chi connectivity index (χ0v) is 15.0. The predicted molar refractivity (Wildman–Crippen MR) is 94.4 cm³/mol. The third-order valence-corrected chi connectivity index (χ3v) is 4.67. The average molecular weight is 378 g/mol. The Balaban J connectivity index is 1.52. The molecular formula is C16H16ClN5O2S. The maximum atomic E-state index is 12.2. The van der Waals surface area contributed by atoms with Gasteiger partial charge in [-0.3, -0.25) is 4.79 Å². The first kappa shape index (κ1) is 17.5. The molecule has 0 saturated carbocycles. The molecule has 1 N–H and O–H groups in total. The van der Waals surface area contributed by atoms with Crippen LogP contribution >= 0.6 is 23.4 Å². The van der Waals surface area contributed by atoms with E-state index in [4.69, 9.17) is 16.0 Å². The molecular weight excluding hydrogens is 362 g/mol. The highest BCUT2D eigenvalue weighted by atomic mass is 35.5. The van der Waals surface area contributed by atoms with E-state index in [0.29, 0.717) is 16.7 Å². The van der Waals surface area contributed by atoms with Crippen molar-refractivity contribution in [3.63, 3.8) is 0 Å². The van der Waals surface area contributed by atoms with E-state index in [1.807, 2.05) is 25.1 Å². The maximum absolute atomic E-state index is 12.2. The van der Waals surface area contributed by atoms with Crippen LogP contribution in [0.1, 0.15) is 24.3 Å². The molecule has 0 aliphatic heterocycles. The zero-order chi connectivity index (χ0) is 17.6. The second kappa shape index (κ2) is 8.17. The number of carbonyl (C=O) groups excluding carboxylic acids is 1. The van der Waals surface area contributed by atoms with Gasteiger partial charge in [-0.25, -0.2) is 4.68 Å². The lowest BCUT2D eigenvalue weighted by Gasteiger charge is -2.14. The molecule has 1 atom stereocenters. The van der Waals surface area contributed by atoms with Gasteiger partial charge in [0.25, 0.3) is 0 Å². The monoisotopic (exact) mass is 377 g/mol. The smallest absolute Gasteiger partial charge is 0.230 e. The number of hydrogen-bond acceptors (Lipinski definition) is 6. The van der Waals surface area contributed by atoms with Gasteiger partial charge in [-0.2, -0.15) is 0 Å². The fourth-order valence-corrected chi connectivity index (χ4v) is 3.01. The molecule has 25 heavy (non-hydrogen) atoms. The summed E-state index contributed by atoms with van der Waals surface area (Å²) in [4.78, 5) is 12.2. The predicted octanol–water partition coefficient (Wildman–Crippen LogP) is 2.94. The third kappa shape index (κ3) is 4.83. The van der Waals surface area contributed by atoms with Gasteiger partial charge >= 0.3 is 0 Å². The summed E-state index contributed by atoms with van der Waals surface area (Å²) in [6, 6.07) is 10.9. The molecule has 130 valence electrons. The number of nitrogens with one attached hydrogen (secondary N) is 1. The number of halogens is 1. The van der Waals surface area contributed by atoms with Crippen molar-refractivity contribution in [2.24, 2.45) is 0 Å². The van der Waals surface area contributed by atoms with E-state index in [9.17, 15) is 4.79 Å². The minimum absolute atomic E-state index is 0.0972. The molecule has 0 bridgehead atoms. The number of thioether (sulfide) groups is 1. The van der Waals surface area contributed by atoms with E-state index >= 15 is 0 Å². The van der Waals surface area contributed by atoms with E-state index in [1.54, 1.807) is 29.1 Å². The van der Waals surface area contributed by atoms with E-state index in [0.717, 1.165) is 11.3 Å². The molecule has 0 spiro atoms. The summed E-state index contributed by atoms with van der Waals surface area (Å²) in [6.45, 7) is 2.35. The molecule has 1 unspecified atom stereocenters. The highest BCUT2D eigenvalue weighted by molar-refractivity contribution is 7.99. The van der Waals surface area contributed by atoms with Crippen LogP contribution in [0.4, 0.5) is 0 Å². The van der Waals surface area contributed by atoms with Crippen LogP contribution in [-0.4, -0.2) is 31.9 Å². The third-order valence-electron chi connectivity index (χ3n) is 3.46. The number of carbonyl (C=O) groups is 1. The lowest BCUT2D eigenvalue weighted by Crippen LogP contribution is -2.28. The quantitative estimate of drug-likeness (QED) is 0.637. The van der Waals surface area contributed by atoms with Gasteiger partial charge in [0.1, 0.15) is 12.3 Å². The van der Waals surface area contributed by atoms with Crippen LogP contribution in [0.3, 0.4) is 0 Å². The Kier molecular flexibility index (Phi) is 5.72. The number of hydrogen-bond donors (Lipinski definition) is 1. The first-order valence-corrected chi connectivity index (χ1v) is 8.94. The van der Waals surface area contributed by atoms with Gasteiger partial charge in [0.15, 0.2) is 0 Å². The standard InChI is InChI=1S/C16H16ClN5O2S/c1-11(12-4-6-13(17)7-5-12)18-15(23)10-25-16-19-20-21-22(16)9-14-3-2-8-24-14/h2-8,11H,9-10H2,1H3,(H,18,23). The molecule has 0 aliphatic rings. The Hall–Kier alpha value is -2.32. The number of furan rings is 1. The van der Waals surface area contributed by atoms with Crippen LogP contribution in [0, 0.1) is 0 Å². The molecule has 1 aromatic carbocycles. The number of benzene rings is 1. The fourth-order valence-electron chi connectivity index (χ4n) is 2.20. The number of amides is 1. The normalized spacial score (nSPS) is 12.1. The van der Waals surface area contributed by atoms with Crippen molar-refractivity contribution in [3.05, 3.63) is 59.0 Å². The number of rotatable bonds is 7. The molecule has 0 saturated heterocycles. The van der Waals surface area contributed by atoms with Gasteiger partial charge in [-0.15, -0.1) is 5.10 Å². The number of nitrogens with zero attached hydrogens (tertiary/aromatic N) is 4. The lowest BCUT2D eigenvalue weighted by molar-refractivity contribution is -0.119. The van der Waals surface area contributed by atoms with Crippen LogP contribution < -0.4 is 5.32 Å². The minimum atomic E-state index is -0.107. The fraction of sp³-hybridized carbons (Fsp3) is 0.250. The van der Waals surface area contributed by atoms with Crippen LogP contribution in [0.15, 0.2) is 52.2 Å². The van der Waals surface area contributed by atoms with E-state index in [2.05, 4.69) is 20.8 Å². The highest BCUT2D eigenvalue weighted by Crippen LogP contribution is 2.18. The van der Waals surface area contributed by atoms with Gasteiger partial charge in [-0.05, 0) is 47.2 Å².